The lowest BCUT2D eigenvalue weighted by Gasteiger charge is -2.35. The molecular weight excluding hydrogens is 466 g/mol. The van der Waals surface area contributed by atoms with Crippen molar-refractivity contribution in [2.24, 2.45) is 5.92 Å². The summed E-state index contributed by atoms with van der Waals surface area (Å²) in [5.74, 6) is -0.640. The van der Waals surface area contributed by atoms with Crippen molar-refractivity contribution >= 4 is 23.4 Å². The second-order valence-corrected chi connectivity index (χ2v) is 8.84. The van der Waals surface area contributed by atoms with Crippen molar-refractivity contribution in [3.05, 3.63) is 48.0 Å². The van der Waals surface area contributed by atoms with Gasteiger partial charge in [-0.3, -0.25) is 19.4 Å². The molecule has 0 aliphatic carbocycles. The summed E-state index contributed by atoms with van der Waals surface area (Å²) in [5.41, 5.74) is 0.967. The third-order valence-corrected chi connectivity index (χ3v) is 6.05. The Morgan fingerprint density at radius 3 is 2.64 bits per heavy atom. The fraction of sp³-hybridized carbons (Fsp3) is 0.480. The van der Waals surface area contributed by atoms with Crippen molar-refractivity contribution < 1.29 is 28.6 Å². The van der Waals surface area contributed by atoms with E-state index in [0.717, 1.165) is 0 Å². The number of nitrogens with one attached hydrogen (secondary N) is 1. The number of rotatable bonds is 5. The summed E-state index contributed by atoms with van der Waals surface area (Å²) in [4.78, 5) is 50.2. The molecule has 0 bridgehead atoms. The first-order chi connectivity index (χ1) is 17.2. The zero-order chi connectivity index (χ0) is 26.2. The Morgan fingerprint density at radius 2 is 1.97 bits per heavy atom. The van der Waals surface area contributed by atoms with Crippen molar-refractivity contribution in [1.29, 1.82) is 0 Å². The molecule has 36 heavy (non-hydrogen) atoms. The van der Waals surface area contributed by atoms with Gasteiger partial charge in [0.05, 0.1) is 23.9 Å². The van der Waals surface area contributed by atoms with Gasteiger partial charge in [-0.05, 0) is 25.1 Å². The topological polar surface area (TPSA) is 123 Å². The van der Waals surface area contributed by atoms with E-state index in [1.54, 1.807) is 42.2 Å². The van der Waals surface area contributed by atoms with E-state index in [1.807, 2.05) is 13.8 Å². The number of likely N-dealkylation sites (N-methyl/N-ethyl adjacent to an activating group) is 1. The number of anilines is 1. The van der Waals surface area contributed by atoms with Crippen molar-refractivity contribution in [2.75, 3.05) is 52.9 Å². The van der Waals surface area contributed by atoms with Crippen LogP contribution in [-0.2, 0) is 14.3 Å². The van der Waals surface area contributed by atoms with Crippen LogP contribution in [0.3, 0.4) is 0 Å². The van der Waals surface area contributed by atoms with Gasteiger partial charge in [-0.1, -0.05) is 6.92 Å². The minimum atomic E-state index is -0.347. The van der Waals surface area contributed by atoms with Gasteiger partial charge < -0.3 is 29.3 Å². The molecule has 194 valence electrons. The van der Waals surface area contributed by atoms with Crippen LogP contribution in [0.1, 0.15) is 34.7 Å². The Kier molecular flexibility index (Phi) is 9.31. The first kappa shape index (κ1) is 27.0. The first-order valence-electron chi connectivity index (χ1n) is 11.7. The Morgan fingerprint density at radius 1 is 1.19 bits per heavy atom. The predicted octanol–water partition coefficient (Wildman–Crippen LogP) is 1.71. The van der Waals surface area contributed by atoms with Crippen molar-refractivity contribution in [3.63, 3.8) is 0 Å². The molecule has 3 amide bonds. The molecule has 2 aromatic rings. The van der Waals surface area contributed by atoms with E-state index in [0.29, 0.717) is 18.0 Å². The molecular formula is C25H33N5O6. The van der Waals surface area contributed by atoms with Crippen LogP contribution < -0.4 is 10.1 Å². The van der Waals surface area contributed by atoms with Crippen LogP contribution in [0.4, 0.5) is 5.69 Å². The molecule has 0 saturated carbocycles. The summed E-state index contributed by atoms with van der Waals surface area (Å²) in [5, 5.41) is 2.71. The minimum absolute atomic E-state index is 0.105. The van der Waals surface area contributed by atoms with E-state index in [1.165, 1.54) is 25.7 Å². The van der Waals surface area contributed by atoms with Crippen molar-refractivity contribution in [2.45, 2.75) is 26.0 Å². The van der Waals surface area contributed by atoms with Gasteiger partial charge in [0.25, 0.3) is 11.8 Å². The molecule has 1 aromatic heterocycles. The molecule has 11 heteroatoms. The molecule has 0 saturated heterocycles. The number of carbonyl (C=O) groups is 3. The summed E-state index contributed by atoms with van der Waals surface area (Å²) in [6, 6.07) is 4.51. The zero-order valence-corrected chi connectivity index (χ0v) is 21.3. The van der Waals surface area contributed by atoms with Crippen LogP contribution in [-0.4, -0.2) is 97.2 Å². The van der Waals surface area contributed by atoms with Crippen molar-refractivity contribution in [1.82, 2.24) is 19.8 Å². The minimum Gasteiger partial charge on any atom is -0.491 e. The second kappa shape index (κ2) is 12.4. The van der Waals surface area contributed by atoms with Crippen LogP contribution in [0.15, 0.2) is 36.8 Å². The normalized spacial score (nSPS) is 21.0. The number of nitrogens with zero attached hydrogens (tertiary/aromatic N) is 4. The van der Waals surface area contributed by atoms with Gasteiger partial charge >= 0.3 is 0 Å². The van der Waals surface area contributed by atoms with Gasteiger partial charge in [0.2, 0.25) is 5.91 Å². The van der Waals surface area contributed by atoms with Crippen LogP contribution in [0.2, 0.25) is 0 Å². The standard InChI is InChI=1S/C25H33N5O6/c1-16-12-30(25(33)20-11-26-8-9-27-20)17(2)14-36-21-7-6-18(28-23(31)15-34-4)10-19(21)24(32)29(3)13-22(16)35-5/h6-11,16-17,22H,12-15H2,1-5H3,(H,28,31)/t16-,17-,22-/m0/s1. The molecule has 1 N–H and O–H groups in total. The molecule has 3 atom stereocenters. The highest BCUT2D eigenvalue weighted by Crippen LogP contribution is 2.26. The third kappa shape index (κ3) is 6.55. The summed E-state index contributed by atoms with van der Waals surface area (Å²) >= 11 is 0. The third-order valence-electron chi connectivity index (χ3n) is 6.05. The average Bonchev–Trinajstić information content (AvgIpc) is 2.88. The lowest BCUT2D eigenvalue weighted by molar-refractivity contribution is -0.119. The lowest BCUT2D eigenvalue weighted by Crippen LogP contribution is -2.48. The summed E-state index contributed by atoms with van der Waals surface area (Å²) in [6.45, 7) is 4.54. The van der Waals surface area contributed by atoms with Gasteiger partial charge in [0, 0.05) is 58.4 Å². The lowest BCUT2D eigenvalue weighted by atomic mass is 10.0. The second-order valence-electron chi connectivity index (χ2n) is 8.84. The highest BCUT2D eigenvalue weighted by atomic mass is 16.5. The number of amides is 3. The van der Waals surface area contributed by atoms with Gasteiger partial charge in [-0.2, -0.15) is 0 Å². The van der Waals surface area contributed by atoms with E-state index in [4.69, 9.17) is 14.2 Å². The number of benzene rings is 1. The highest BCUT2D eigenvalue weighted by molar-refractivity contribution is 5.99. The molecule has 1 aliphatic heterocycles. The number of methoxy groups -OCH3 is 2. The maximum absolute atomic E-state index is 13.4. The number of fused-ring (bicyclic) bond motifs is 1. The quantitative estimate of drug-likeness (QED) is 0.660. The van der Waals surface area contributed by atoms with E-state index in [9.17, 15) is 14.4 Å². The largest absolute Gasteiger partial charge is 0.491 e. The van der Waals surface area contributed by atoms with Gasteiger partial charge in [0.15, 0.2) is 0 Å². The Bertz CT molecular complexity index is 1070. The Labute approximate surface area is 210 Å². The van der Waals surface area contributed by atoms with Crippen LogP contribution in [0.25, 0.3) is 0 Å². The molecule has 0 spiro atoms. The van der Waals surface area contributed by atoms with E-state index in [-0.39, 0.29) is 66.8 Å². The average molecular weight is 500 g/mol. The SMILES string of the molecule is COCC(=O)Nc1ccc2c(c1)C(=O)N(C)C[C@H](OC)[C@@H](C)CN(C(=O)c1cnccn1)[C@@H](C)CO2. The molecule has 2 heterocycles. The summed E-state index contributed by atoms with van der Waals surface area (Å²) in [6.07, 6.45) is 4.09. The van der Waals surface area contributed by atoms with Gasteiger partial charge in [-0.15, -0.1) is 0 Å². The molecule has 1 aromatic carbocycles. The number of hydrogen-bond acceptors (Lipinski definition) is 8. The number of hydrogen-bond donors (Lipinski definition) is 1. The number of carbonyl (C=O) groups excluding carboxylic acids is 3. The van der Waals surface area contributed by atoms with E-state index in [2.05, 4.69) is 15.3 Å². The molecule has 0 fully saturated rings. The van der Waals surface area contributed by atoms with Crippen LogP contribution in [0.5, 0.6) is 5.75 Å². The monoisotopic (exact) mass is 499 g/mol. The fourth-order valence-electron chi connectivity index (χ4n) is 4.02. The maximum atomic E-state index is 13.4. The molecule has 0 unspecified atom stereocenters. The molecule has 3 rings (SSSR count). The van der Waals surface area contributed by atoms with Crippen LogP contribution >= 0.6 is 0 Å². The molecule has 0 radical (unpaired) electrons. The van der Waals surface area contributed by atoms with Crippen molar-refractivity contribution in [3.8, 4) is 5.75 Å². The Hall–Kier alpha value is -3.57. The van der Waals surface area contributed by atoms with E-state index >= 15 is 0 Å². The maximum Gasteiger partial charge on any atom is 0.274 e. The van der Waals surface area contributed by atoms with Gasteiger partial charge in [-0.25, -0.2) is 4.98 Å². The van der Waals surface area contributed by atoms with Crippen LogP contribution in [0, 0.1) is 5.92 Å². The summed E-state index contributed by atoms with van der Waals surface area (Å²) < 4.78 is 16.6. The Balaban J connectivity index is 1.96. The molecule has 1 aliphatic rings. The molecule has 11 nitrogen and oxygen atoms in total. The predicted molar refractivity (Wildman–Crippen MR) is 132 cm³/mol. The zero-order valence-electron chi connectivity index (χ0n) is 21.3. The van der Waals surface area contributed by atoms with Gasteiger partial charge in [0.1, 0.15) is 24.7 Å². The smallest absolute Gasteiger partial charge is 0.274 e. The summed E-state index contributed by atoms with van der Waals surface area (Å²) in [7, 11) is 4.69. The number of aromatic nitrogens is 2. The number of ether oxygens (including phenoxy) is 3. The van der Waals surface area contributed by atoms with E-state index < -0.39 is 0 Å². The highest BCUT2D eigenvalue weighted by Gasteiger charge is 2.31. The fourth-order valence-corrected chi connectivity index (χ4v) is 4.02. The first-order valence-corrected chi connectivity index (χ1v) is 11.7.